The number of hydrogen-bond donors (Lipinski definition) is 0. The summed E-state index contributed by atoms with van der Waals surface area (Å²) < 4.78 is 12.7. The molecule has 2 aromatic rings. The van der Waals surface area contributed by atoms with Gasteiger partial charge in [-0.05, 0) is 76.0 Å². The molecule has 5 nitrogen and oxygen atoms in total. The van der Waals surface area contributed by atoms with E-state index in [1.165, 1.54) is 35.6 Å². The molecule has 5 rings (SSSR count). The van der Waals surface area contributed by atoms with Crippen LogP contribution in [0.5, 0.6) is 11.5 Å². The fourth-order valence-corrected chi connectivity index (χ4v) is 5.90. The molecule has 1 saturated carbocycles. The highest BCUT2D eigenvalue weighted by molar-refractivity contribution is 7.15. The van der Waals surface area contributed by atoms with Crippen molar-refractivity contribution in [2.45, 2.75) is 45.6 Å². The third-order valence-electron chi connectivity index (χ3n) is 7.09. The van der Waals surface area contributed by atoms with Gasteiger partial charge in [0.2, 0.25) is 5.91 Å². The Balaban J connectivity index is 1.43. The van der Waals surface area contributed by atoms with E-state index in [2.05, 4.69) is 43.1 Å². The van der Waals surface area contributed by atoms with Crippen LogP contribution in [-0.4, -0.2) is 55.6 Å². The van der Waals surface area contributed by atoms with Crippen molar-refractivity contribution < 1.29 is 14.3 Å². The number of amides is 1. The van der Waals surface area contributed by atoms with Gasteiger partial charge in [0.05, 0.1) is 13.2 Å². The van der Waals surface area contributed by atoms with Gasteiger partial charge in [-0.2, -0.15) is 0 Å². The van der Waals surface area contributed by atoms with Crippen LogP contribution in [0.3, 0.4) is 0 Å². The van der Waals surface area contributed by atoms with E-state index >= 15 is 0 Å². The summed E-state index contributed by atoms with van der Waals surface area (Å²) in [5.41, 5.74) is 2.22. The second-order valence-corrected chi connectivity index (χ2v) is 11.0. The highest BCUT2D eigenvalue weighted by Crippen LogP contribution is 2.41. The van der Waals surface area contributed by atoms with E-state index in [0.717, 1.165) is 42.0 Å². The molecule has 172 valence electrons. The van der Waals surface area contributed by atoms with E-state index in [1.54, 1.807) is 11.3 Å². The third-order valence-corrected chi connectivity index (χ3v) is 8.14. The average Bonchev–Trinajstić information content (AvgIpc) is 3.05. The number of benzene rings is 1. The summed E-state index contributed by atoms with van der Waals surface area (Å²) >= 11 is 1.79. The number of likely N-dealkylation sites (tertiary alicyclic amines) is 1. The van der Waals surface area contributed by atoms with Crippen molar-refractivity contribution in [2.75, 3.05) is 39.9 Å². The van der Waals surface area contributed by atoms with Crippen LogP contribution in [0.2, 0.25) is 0 Å². The van der Waals surface area contributed by atoms with Gasteiger partial charge in [0.25, 0.3) is 0 Å². The highest BCUT2D eigenvalue weighted by atomic mass is 32.1. The Labute approximate surface area is 195 Å². The van der Waals surface area contributed by atoms with Crippen molar-refractivity contribution in [3.63, 3.8) is 0 Å². The van der Waals surface area contributed by atoms with Crippen molar-refractivity contribution in [3.05, 3.63) is 34.7 Å². The molecule has 0 N–H and O–H groups in total. The van der Waals surface area contributed by atoms with Gasteiger partial charge < -0.3 is 19.3 Å². The number of fused-ring (bicyclic) bond motifs is 1. The first-order valence-electron chi connectivity index (χ1n) is 12.0. The van der Waals surface area contributed by atoms with Crippen molar-refractivity contribution in [1.29, 1.82) is 0 Å². The molecule has 1 amide bonds. The Morgan fingerprint density at radius 3 is 2.78 bits per heavy atom. The van der Waals surface area contributed by atoms with Gasteiger partial charge in [-0.1, -0.05) is 6.42 Å². The zero-order valence-electron chi connectivity index (χ0n) is 19.3. The van der Waals surface area contributed by atoms with Gasteiger partial charge in [0.15, 0.2) is 11.5 Å². The summed E-state index contributed by atoms with van der Waals surface area (Å²) in [6.45, 7) is 6.86. The molecule has 0 radical (unpaired) electrons. The van der Waals surface area contributed by atoms with Gasteiger partial charge in [-0.25, -0.2) is 0 Å². The van der Waals surface area contributed by atoms with Crippen LogP contribution >= 0.6 is 11.3 Å². The lowest BCUT2D eigenvalue weighted by Gasteiger charge is -2.30. The van der Waals surface area contributed by atoms with E-state index in [4.69, 9.17) is 9.47 Å². The van der Waals surface area contributed by atoms with Crippen LogP contribution < -0.4 is 9.47 Å². The summed E-state index contributed by atoms with van der Waals surface area (Å²) in [5.74, 6) is 2.70. The number of piperidine rings is 1. The minimum atomic E-state index is 0.207. The molecular formula is C26H34N2O3S. The zero-order chi connectivity index (χ0) is 22.1. The normalized spacial score (nSPS) is 21.9. The molecule has 2 fully saturated rings. The third kappa shape index (κ3) is 4.67. The maximum absolute atomic E-state index is 13.0. The monoisotopic (exact) mass is 454 g/mol. The topological polar surface area (TPSA) is 42.0 Å². The standard InChI is InChI=1S/C26H34N2O3S/c1-18-8-9-24(32-18)21-13-22-16-28(26(29)20-6-3-7-20)11-12-30-25(22)23(14-21)31-17-19-5-4-10-27(2)15-19/h8-9,13-14,19-20H,3-7,10-12,15-17H2,1-2H3/t19-/m1/s1. The maximum Gasteiger partial charge on any atom is 0.226 e. The lowest BCUT2D eigenvalue weighted by Crippen LogP contribution is -2.39. The second-order valence-electron chi connectivity index (χ2n) is 9.69. The molecule has 6 heteroatoms. The predicted molar refractivity (Wildman–Crippen MR) is 128 cm³/mol. The van der Waals surface area contributed by atoms with E-state index in [1.807, 2.05) is 4.90 Å². The number of carbonyl (C=O) groups excluding carboxylic acids is 1. The molecule has 3 heterocycles. The Hall–Kier alpha value is -2.05. The predicted octanol–water partition coefficient (Wildman–Crippen LogP) is 4.97. The van der Waals surface area contributed by atoms with E-state index in [9.17, 15) is 4.79 Å². The first-order chi connectivity index (χ1) is 15.6. The quantitative estimate of drug-likeness (QED) is 0.640. The number of ether oxygens (including phenoxy) is 2. The first-order valence-corrected chi connectivity index (χ1v) is 12.8. The van der Waals surface area contributed by atoms with Crippen molar-refractivity contribution in [2.24, 2.45) is 11.8 Å². The van der Waals surface area contributed by atoms with E-state index in [-0.39, 0.29) is 11.8 Å². The van der Waals surface area contributed by atoms with Gasteiger partial charge >= 0.3 is 0 Å². The lowest BCUT2D eigenvalue weighted by molar-refractivity contribution is -0.138. The molecule has 1 aromatic heterocycles. The van der Waals surface area contributed by atoms with Gasteiger partial charge in [-0.3, -0.25) is 4.79 Å². The van der Waals surface area contributed by atoms with E-state index in [0.29, 0.717) is 32.2 Å². The lowest BCUT2D eigenvalue weighted by atomic mass is 9.84. The van der Waals surface area contributed by atoms with Crippen LogP contribution in [0.4, 0.5) is 0 Å². The summed E-state index contributed by atoms with van der Waals surface area (Å²) in [4.78, 5) is 19.9. The molecule has 0 spiro atoms. The largest absolute Gasteiger partial charge is 0.489 e. The molecule has 0 bridgehead atoms. The molecule has 0 unspecified atom stereocenters. The summed E-state index contributed by atoms with van der Waals surface area (Å²) in [5, 5.41) is 0. The number of thiophene rings is 1. The molecule has 32 heavy (non-hydrogen) atoms. The Morgan fingerprint density at radius 1 is 1.19 bits per heavy atom. The number of aryl methyl sites for hydroxylation is 1. The zero-order valence-corrected chi connectivity index (χ0v) is 20.1. The van der Waals surface area contributed by atoms with Crippen LogP contribution in [-0.2, 0) is 11.3 Å². The summed E-state index contributed by atoms with van der Waals surface area (Å²) in [6, 6.07) is 8.68. The average molecular weight is 455 g/mol. The first kappa shape index (κ1) is 21.8. The van der Waals surface area contributed by atoms with Crippen LogP contribution in [0.25, 0.3) is 10.4 Å². The van der Waals surface area contributed by atoms with Gasteiger partial charge in [-0.15, -0.1) is 11.3 Å². The summed E-state index contributed by atoms with van der Waals surface area (Å²) in [6.07, 6.45) is 5.67. The molecule has 1 saturated heterocycles. The smallest absolute Gasteiger partial charge is 0.226 e. The van der Waals surface area contributed by atoms with E-state index < -0.39 is 0 Å². The van der Waals surface area contributed by atoms with Crippen LogP contribution in [0.1, 0.15) is 42.5 Å². The fraction of sp³-hybridized carbons (Fsp3) is 0.577. The molecule has 1 aliphatic carbocycles. The Kier molecular flexibility index (Phi) is 6.42. The minimum Gasteiger partial charge on any atom is -0.489 e. The molecule has 2 aliphatic heterocycles. The number of nitrogens with zero attached hydrogens (tertiary/aromatic N) is 2. The second kappa shape index (κ2) is 9.44. The maximum atomic E-state index is 13.0. The number of hydrogen-bond acceptors (Lipinski definition) is 5. The molecule has 1 aromatic carbocycles. The van der Waals surface area contributed by atoms with Gasteiger partial charge in [0.1, 0.15) is 6.61 Å². The summed E-state index contributed by atoms with van der Waals surface area (Å²) in [7, 11) is 2.19. The van der Waals surface area contributed by atoms with Crippen LogP contribution in [0.15, 0.2) is 24.3 Å². The number of carbonyl (C=O) groups is 1. The van der Waals surface area contributed by atoms with Crippen molar-refractivity contribution in [1.82, 2.24) is 9.80 Å². The minimum absolute atomic E-state index is 0.207. The SMILES string of the molecule is Cc1ccc(-c2cc3c(c(OC[C@@H]4CCCN(C)C4)c2)OCCN(C(=O)C2CCC2)C3)s1. The number of rotatable bonds is 5. The van der Waals surface area contributed by atoms with Gasteiger partial charge in [0, 0.05) is 40.2 Å². The molecular weight excluding hydrogens is 420 g/mol. The fourth-order valence-electron chi connectivity index (χ4n) is 5.04. The van der Waals surface area contributed by atoms with Crippen molar-refractivity contribution >= 4 is 17.2 Å². The Bertz CT molecular complexity index is 968. The van der Waals surface area contributed by atoms with Crippen molar-refractivity contribution in [3.8, 4) is 21.9 Å². The Morgan fingerprint density at radius 2 is 2.06 bits per heavy atom. The molecule has 3 aliphatic rings. The molecule has 1 atom stereocenters. The van der Waals surface area contributed by atoms with Crippen LogP contribution in [0, 0.1) is 18.8 Å². The highest BCUT2D eigenvalue weighted by Gasteiger charge is 2.32.